The van der Waals surface area contributed by atoms with E-state index in [1.807, 2.05) is 24.4 Å². The molecule has 9 heteroatoms. The molecule has 0 saturated carbocycles. The minimum absolute atomic E-state index is 0.199. The van der Waals surface area contributed by atoms with Crippen LogP contribution in [0.5, 0.6) is 0 Å². The molecular weight excluding hydrogens is 356 g/mol. The van der Waals surface area contributed by atoms with Crippen molar-refractivity contribution >= 4 is 23.1 Å². The predicted octanol–water partition coefficient (Wildman–Crippen LogP) is -0.105. The van der Waals surface area contributed by atoms with Crippen molar-refractivity contribution in [3.8, 4) is 0 Å². The van der Waals surface area contributed by atoms with Crippen LogP contribution in [-0.4, -0.2) is 90.5 Å². The van der Waals surface area contributed by atoms with Crippen LogP contribution in [0.15, 0.2) is 30.7 Å². The predicted molar refractivity (Wildman–Crippen MR) is 111 cm³/mol. The maximum absolute atomic E-state index is 9.11. The lowest BCUT2D eigenvalue weighted by Crippen LogP contribution is -2.48. The number of aliphatic hydroxyl groups is 1. The van der Waals surface area contributed by atoms with Crippen molar-refractivity contribution in [3.63, 3.8) is 0 Å². The molecule has 0 atom stereocenters. The summed E-state index contributed by atoms with van der Waals surface area (Å²) < 4.78 is 0. The van der Waals surface area contributed by atoms with Gasteiger partial charge in [0.1, 0.15) is 17.8 Å². The van der Waals surface area contributed by atoms with Crippen molar-refractivity contribution in [2.45, 2.75) is 0 Å². The summed E-state index contributed by atoms with van der Waals surface area (Å²) in [6.45, 7) is 7.91. The lowest BCUT2D eigenvalue weighted by Gasteiger charge is -2.38. The number of nitrogens with two attached hydrogens (primary N) is 1. The van der Waals surface area contributed by atoms with Gasteiger partial charge in [-0.2, -0.15) is 0 Å². The summed E-state index contributed by atoms with van der Waals surface area (Å²) in [5.74, 6) is 2.66. The highest BCUT2D eigenvalue weighted by Crippen LogP contribution is 2.30. The van der Waals surface area contributed by atoms with Crippen LogP contribution < -0.4 is 20.4 Å². The number of nitrogen functional groups attached to an aromatic ring is 1. The number of hydrogen-bond acceptors (Lipinski definition) is 9. The Hall–Kier alpha value is -2.65. The van der Waals surface area contributed by atoms with E-state index in [4.69, 9.17) is 10.8 Å². The molecule has 0 amide bonds. The fourth-order valence-electron chi connectivity index (χ4n) is 3.89. The maximum Gasteiger partial charge on any atom is 0.157 e. The molecule has 2 aliphatic rings. The Morgan fingerprint density at radius 2 is 1.43 bits per heavy atom. The van der Waals surface area contributed by atoms with Crippen LogP contribution in [0, 0.1) is 0 Å². The third-order valence-corrected chi connectivity index (χ3v) is 5.48. The molecule has 3 N–H and O–H groups in total. The van der Waals surface area contributed by atoms with Gasteiger partial charge in [-0.15, -0.1) is 0 Å². The van der Waals surface area contributed by atoms with Crippen LogP contribution in [0.2, 0.25) is 0 Å². The molecule has 0 unspecified atom stereocenters. The van der Waals surface area contributed by atoms with Crippen LogP contribution in [0.1, 0.15) is 0 Å². The molecule has 28 heavy (non-hydrogen) atoms. The second-order valence-corrected chi connectivity index (χ2v) is 7.15. The average molecular weight is 384 g/mol. The second kappa shape index (κ2) is 8.57. The smallest absolute Gasteiger partial charge is 0.157 e. The lowest BCUT2D eigenvalue weighted by molar-refractivity contribution is 0.188. The molecule has 0 aromatic carbocycles. The quantitative estimate of drug-likeness (QED) is 0.732. The zero-order valence-electron chi connectivity index (χ0n) is 16.1. The van der Waals surface area contributed by atoms with Crippen LogP contribution >= 0.6 is 0 Å². The van der Waals surface area contributed by atoms with E-state index >= 15 is 0 Å². The minimum Gasteiger partial charge on any atom is -0.395 e. The fraction of sp³-hybridized carbons (Fsp3) is 0.526. The van der Waals surface area contributed by atoms with E-state index in [-0.39, 0.29) is 6.61 Å². The van der Waals surface area contributed by atoms with Gasteiger partial charge in [-0.05, 0) is 12.1 Å². The molecule has 4 rings (SSSR count). The number of hydrogen-bond donors (Lipinski definition) is 2. The SMILES string of the molecule is Nc1c(N2CCN(CCO)CC2)ncnc1N1CCN(c2ccccn2)CC1. The Balaban J connectivity index is 1.42. The van der Waals surface area contributed by atoms with Crippen molar-refractivity contribution in [1.29, 1.82) is 0 Å². The molecule has 2 saturated heterocycles. The molecule has 9 nitrogen and oxygen atoms in total. The first-order chi connectivity index (χ1) is 13.8. The van der Waals surface area contributed by atoms with E-state index in [1.165, 1.54) is 0 Å². The first-order valence-corrected chi connectivity index (χ1v) is 9.86. The van der Waals surface area contributed by atoms with Crippen LogP contribution in [0.25, 0.3) is 0 Å². The summed E-state index contributed by atoms with van der Waals surface area (Å²) >= 11 is 0. The Kier molecular flexibility index (Phi) is 5.73. The van der Waals surface area contributed by atoms with E-state index in [0.717, 1.165) is 76.4 Å². The van der Waals surface area contributed by atoms with Crippen molar-refractivity contribution in [1.82, 2.24) is 19.9 Å². The van der Waals surface area contributed by atoms with Gasteiger partial charge in [-0.1, -0.05) is 6.07 Å². The van der Waals surface area contributed by atoms with E-state index in [9.17, 15) is 0 Å². The van der Waals surface area contributed by atoms with E-state index in [2.05, 4.69) is 34.6 Å². The highest BCUT2D eigenvalue weighted by atomic mass is 16.3. The van der Waals surface area contributed by atoms with Crippen molar-refractivity contribution in [2.24, 2.45) is 0 Å². The van der Waals surface area contributed by atoms with E-state index in [0.29, 0.717) is 5.69 Å². The molecule has 0 radical (unpaired) electrons. The van der Waals surface area contributed by atoms with Crippen LogP contribution in [-0.2, 0) is 0 Å². The Labute approximate surface area is 165 Å². The van der Waals surface area contributed by atoms with Gasteiger partial charge in [0.15, 0.2) is 11.6 Å². The third-order valence-electron chi connectivity index (χ3n) is 5.48. The number of nitrogens with zero attached hydrogens (tertiary/aromatic N) is 7. The number of β-amino-alcohol motifs (C(OH)–C–C–N with tert-alkyl or cyclic N) is 1. The number of aliphatic hydroxyl groups excluding tert-OH is 1. The highest BCUT2D eigenvalue weighted by molar-refractivity contribution is 5.76. The summed E-state index contributed by atoms with van der Waals surface area (Å²) in [6.07, 6.45) is 3.45. The summed E-state index contributed by atoms with van der Waals surface area (Å²) in [4.78, 5) is 22.4. The van der Waals surface area contributed by atoms with E-state index in [1.54, 1.807) is 6.33 Å². The average Bonchev–Trinajstić information content (AvgIpc) is 2.76. The van der Waals surface area contributed by atoms with Gasteiger partial charge < -0.3 is 25.5 Å². The largest absolute Gasteiger partial charge is 0.395 e. The summed E-state index contributed by atoms with van der Waals surface area (Å²) in [5, 5.41) is 9.11. The van der Waals surface area contributed by atoms with E-state index < -0.39 is 0 Å². The summed E-state index contributed by atoms with van der Waals surface area (Å²) in [5.41, 5.74) is 7.15. The lowest BCUT2D eigenvalue weighted by atomic mass is 10.2. The standard InChI is InChI=1S/C19H28N8O/c20-17-18(26-7-5-24(6-8-26)13-14-28)22-15-23-19(17)27-11-9-25(10-12-27)16-3-1-2-4-21-16/h1-4,15,28H,5-14,20H2. The van der Waals surface area contributed by atoms with Gasteiger partial charge in [0.2, 0.25) is 0 Å². The van der Waals surface area contributed by atoms with Gasteiger partial charge in [-0.25, -0.2) is 15.0 Å². The summed E-state index contributed by atoms with van der Waals surface area (Å²) in [6, 6.07) is 6.00. The molecule has 0 aliphatic carbocycles. The van der Waals surface area contributed by atoms with Crippen LogP contribution in [0.4, 0.5) is 23.1 Å². The van der Waals surface area contributed by atoms with Gasteiger partial charge in [0.25, 0.3) is 0 Å². The molecule has 150 valence electrons. The topological polar surface area (TPSA) is 97.9 Å². The molecule has 2 aromatic heterocycles. The Morgan fingerprint density at radius 3 is 2.00 bits per heavy atom. The van der Waals surface area contributed by atoms with Crippen LogP contribution in [0.3, 0.4) is 0 Å². The monoisotopic (exact) mass is 384 g/mol. The number of piperazine rings is 2. The molecular formula is C19H28N8O. The number of anilines is 4. The minimum atomic E-state index is 0.199. The van der Waals surface area contributed by atoms with Crippen molar-refractivity contribution < 1.29 is 5.11 Å². The van der Waals surface area contributed by atoms with Crippen molar-refractivity contribution in [3.05, 3.63) is 30.7 Å². The maximum atomic E-state index is 9.11. The first-order valence-electron chi connectivity index (χ1n) is 9.86. The molecule has 0 bridgehead atoms. The van der Waals surface area contributed by atoms with Gasteiger partial charge in [0, 0.05) is 65.1 Å². The normalized spacial score (nSPS) is 18.5. The number of pyridine rings is 1. The second-order valence-electron chi connectivity index (χ2n) is 7.15. The molecule has 2 fully saturated rings. The number of rotatable bonds is 5. The molecule has 2 aliphatic heterocycles. The third kappa shape index (κ3) is 3.95. The Morgan fingerprint density at radius 1 is 0.821 bits per heavy atom. The molecule has 0 spiro atoms. The zero-order chi connectivity index (χ0) is 19.3. The Bertz CT molecular complexity index is 758. The fourth-order valence-corrected chi connectivity index (χ4v) is 3.89. The van der Waals surface area contributed by atoms with Gasteiger partial charge >= 0.3 is 0 Å². The molecule has 2 aromatic rings. The zero-order valence-corrected chi connectivity index (χ0v) is 16.1. The van der Waals surface area contributed by atoms with Crippen molar-refractivity contribution in [2.75, 3.05) is 85.9 Å². The first kappa shape index (κ1) is 18.7. The number of aromatic nitrogens is 3. The summed E-state index contributed by atoms with van der Waals surface area (Å²) in [7, 11) is 0. The van der Waals surface area contributed by atoms with Gasteiger partial charge in [0.05, 0.1) is 6.61 Å². The van der Waals surface area contributed by atoms with Gasteiger partial charge in [-0.3, -0.25) is 4.90 Å². The molecule has 4 heterocycles. The highest BCUT2D eigenvalue weighted by Gasteiger charge is 2.25.